The summed E-state index contributed by atoms with van der Waals surface area (Å²) < 4.78 is 6.11. The van der Waals surface area contributed by atoms with Crippen LogP contribution in [0.25, 0.3) is 0 Å². The molecule has 22 heavy (non-hydrogen) atoms. The highest BCUT2D eigenvalue weighted by molar-refractivity contribution is 6.36. The number of rotatable bonds is 5. The van der Waals surface area contributed by atoms with Crippen molar-refractivity contribution in [3.05, 3.63) is 56.3 Å². The van der Waals surface area contributed by atoms with Gasteiger partial charge >= 0.3 is 5.97 Å². The van der Waals surface area contributed by atoms with Gasteiger partial charge in [-0.25, -0.2) is 9.48 Å². The molecule has 0 radical (unpaired) electrons. The number of benzene rings is 1. The summed E-state index contributed by atoms with van der Waals surface area (Å²) in [5.41, 5.74) is -0.273. The van der Waals surface area contributed by atoms with Crippen LogP contribution in [-0.4, -0.2) is 22.0 Å². The van der Waals surface area contributed by atoms with E-state index in [4.69, 9.17) is 27.9 Å². The van der Waals surface area contributed by atoms with Crippen molar-refractivity contribution in [1.82, 2.24) is 9.78 Å². The fraction of sp³-hybridized carbons (Fsp3) is 0.143. The maximum absolute atomic E-state index is 12.0. The monoisotopic (exact) mass is 340 g/mol. The smallest absolute Gasteiger partial charge is 0.346 e. The van der Waals surface area contributed by atoms with Gasteiger partial charge in [-0.05, 0) is 18.2 Å². The lowest BCUT2D eigenvalue weighted by Gasteiger charge is -2.07. The number of ether oxygens (including phenoxy) is 1. The van der Waals surface area contributed by atoms with Crippen LogP contribution in [0.3, 0.4) is 0 Å². The van der Waals surface area contributed by atoms with E-state index >= 15 is 0 Å². The third kappa shape index (κ3) is 3.93. The van der Waals surface area contributed by atoms with Gasteiger partial charge in [0, 0.05) is 23.6 Å². The third-order valence-electron chi connectivity index (χ3n) is 2.65. The van der Waals surface area contributed by atoms with E-state index in [0.717, 1.165) is 4.68 Å². The summed E-state index contributed by atoms with van der Waals surface area (Å²) in [4.78, 5) is 33.9. The largest absolute Gasteiger partial charge is 0.402 e. The minimum absolute atomic E-state index is 0.0680. The second kappa shape index (κ2) is 7.20. The van der Waals surface area contributed by atoms with Crippen molar-refractivity contribution in [3.8, 4) is 5.88 Å². The van der Waals surface area contributed by atoms with Gasteiger partial charge in [-0.2, -0.15) is 0 Å². The number of halogens is 2. The second-order valence-corrected chi connectivity index (χ2v) is 5.05. The Morgan fingerprint density at radius 3 is 2.73 bits per heavy atom. The van der Waals surface area contributed by atoms with Crippen molar-refractivity contribution in [1.29, 1.82) is 0 Å². The van der Waals surface area contributed by atoms with Crippen molar-refractivity contribution in [2.24, 2.45) is 0 Å². The Balaban J connectivity index is 2.21. The number of carbonyl (C=O) groups excluding carboxylic acids is 2. The van der Waals surface area contributed by atoms with Gasteiger partial charge in [-0.1, -0.05) is 23.2 Å². The minimum atomic E-state index is -0.727. The summed E-state index contributed by atoms with van der Waals surface area (Å²) in [5, 5.41) is 4.39. The minimum Gasteiger partial charge on any atom is -0.402 e. The van der Waals surface area contributed by atoms with Gasteiger partial charge in [0.25, 0.3) is 5.56 Å². The van der Waals surface area contributed by atoms with Gasteiger partial charge in [0.1, 0.15) is 6.29 Å². The Morgan fingerprint density at radius 2 is 2.05 bits per heavy atom. The number of hydrogen-bond donors (Lipinski definition) is 0. The molecule has 0 aliphatic carbocycles. The van der Waals surface area contributed by atoms with Crippen LogP contribution in [-0.2, 0) is 11.3 Å². The summed E-state index contributed by atoms with van der Waals surface area (Å²) in [7, 11) is 0. The van der Waals surface area contributed by atoms with Gasteiger partial charge in [0.2, 0.25) is 5.88 Å². The average Bonchev–Trinajstić information content (AvgIpc) is 2.47. The molecule has 2 aromatic rings. The summed E-state index contributed by atoms with van der Waals surface area (Å²) in [5.74, 6) is -0.795. The molecular weight excluding hydrogens is 331 g/mol. The molecule has 1 heterocycles. The Bertz CT molecular complexity index is 774. The molecule has 1 aromatic carbocycles. The standard InChI is InChI=1S/C14H10Cl2N2O4/c15-9-2-3-10(11(16)8-9)14(21)22-12-4-5-13(20)18(17-12)6-1-7-19/h2-5,7-8H,1,6H2. The Morgan fingerprint density at radius 1 is 1.27 bits per heavy atom. The van der Waals surface area contributed by atoms with Crippen LogP contribution in [0.15, 0.2) is 35.1 Å². The zero-order valence-electron chi connectivity index (χ0n) is 11.2. The molecule has 8 heteroatoms. The first-order valence-electron chi connectivity index (χ1n) is 6.20. The maximum atomic E-state index is 12.0. The quantitative estimate of drug-likeness (QED) is 0.616. The molecule has 0 N–H and O–H groups in total. The van der Waals surface area contributed by atoms with Crippen LogP contribution in [0.1, 0.15) is 16.8 Å². The number of aryl methyl sites for hydroxylation is 1. The van der Waals surface area contributed by atoms with Crippen LogP contribution >= 0.6 is 23.2 Å². The lowest BCUT2D eigenvalue weighted by atomic mass is 10.2. The fourth-order valence-electron chi connectivity index (χ4n) is 1.62. The Kier molecular flexibility index (Phi) is 5.30. The first-order valence-corrected chi connectivity index (χ1v) is 6.96. The topological polar surface area (TPSA) is 78.3 Å². The molecule has 0 aliphatic rings. The highest BCUT2D eigenvalue weighted by atomic mass is 35.5. The van der Waals surface area contributed by atoms with E-state index in [9.17, 15) is 14.4 Å². The van der Waals surface area contributed by atoms with E-state index in [0.29, 0.717) is 11.3 Å². The molecule has 0 unspecified atom stereocenters. The van der Waals surface area contributed by atoms with E-state index < -0.39 is 11.5 Å². The van der Waals surface area contributed by atoms with Crippen molar-refractivity contribution in [2.45, 2.75) is 13.0 Å². The number of hydrogen-bond acceptors (Lipinski definition) is 5. The molecule has 0 bridgehead atoms. The number of nitrogens with zero attached hydrogens (tertiary/aromatic N) is 2. The van der Waals surface area contributed by atoms with Gasteiger partial charge in [0.15, 0.2) is 0 Å². The van der Waals surface area contributed by atoms with Gasteiger partial charge in [-0.15, -0.1) is 5.10 Å². The van der Waals surface area contributed by atoms with Crippen LogP contribution in [0.5, 0.6) is 5.88 Å². The number of aldehydes is 1. The first kappa shape index (κ1) is 16.2. The number of esters is 1. The van der Waals surface area contributed by atoms with Crippen molar-refractivity contribution < 1.29 is 14.3 Å². The molecule has 0 aliphatic heterocycles. The van der Waals surface area contributed by atoms with Gasteiger partial charge in [-0.3, -0.25) is 4.79 Å². The normalized spacial score (nSPS) is 10.3. The number of aromatic nitrogens is 2. The molecule has 0 saturated heterocycles. The van der Waals surface area contributed by atoms with E-state index in [-0.39, 0.29) is 29.4 Å². The second-order valence-electron chi connectivity index (χ2n) is 4.20. The average molecular weight is 341 g/mol. The van der Waals surface area contributed by atoms with Crippen LogP contribution in [0.4, 0.5) is 0 Å². The molecule has 0 saturated carbocycles. The molecule has 2 rings (SSSR count). The van der Waals surface area contributed by atoms with Gasteiger partial charge in [0.05, 0.1) is 17.1 Å². The van der Waals surface area contributed by atoms with Gasteiger partial charge < -0.3 is 9.53 Å². The molecule has 0 fully saturated rings. The predicted molar refractivity (Wildman–Crippen MR) is 80.6 cm³/mol. The Labute approximate surface area is 135 Å². The number of carbonyl (C=O) groups is 2. The summed E-state index contributed by atoms with van der Waals surface area (Å²) in [6, 6.07) is 6.81. The molecule has 0 atom stereocenters. The summed E-state index contributed by atoms with van der Waals surface area (Å²) in [6.45, 7) is 0.107. The van der Waals surface area contributed by atoms with Crippen LogP contribution < -0.4 is 10.3 Å². The predicted octanol–water partition coefficient (Wildman–Crippen LogP) is 2.36. The molecule has 0 spiro atoms. The van der Waals surface area contributed by atoms with E-state index in [1.807, 2.05) is 0 Å². The lowest BCUT2D eigenvalue weighted by Crippen LogP contribution is -2.23. The SMILES string of the molecule is O=CCCn1nc(OC(=O)c2ccc(Cl)cc2Cl)ccc1=O. The third-order valence-corrected chi connectivity index (χ3v) is 3.20. The zero-order chi connectivity index (χ0) is 16.1. The highest BCUT2D eigenvalue weighted by Crippen LogP contribution is 2.22. The lowest BCUT2D eigenvalue weighted by molar-refractivity contribution is -0.108. The van der Waals surface area contributed by atoms with E-state index in [1.54, 1.807) is 0 Å². The van der Waals surface area contributed by atoms with E-state index in [2.05, 4.69) is 5.10 Å². The molecule has 0 amide bonds. The van der Waals surface area contributed by atoms with Crippen molar-refractivity contribution >= 4 is 35.5 Å². The first-order chi connectivity index (χ1) is 10.5. The molecule has 6 nitrogen and oxygen atoms in total. The van der Waals surface area contributed by atoms with Crippen molar-refractivity contribution in [2.75, 3.05) is 0 Å². The Hall–Kier alpha value is -2.18. The summed E-state index contributed by atoms with van der Waals surface area (Å²) >= 11 is 11.7. The van der Waals surface area contributed by atoms with E-state index in [1.165, 1.54) is 30.3 Å². The van der Waals surface area contributed by atoms with Crippen LogP contribution in [0, 0.1) is 0 Å². The fourth-order valence-corrected chi connectivity index (χ4v) is 2.11. The molecule has 1 aromatic heterocycles. The molecule has 114 valence electrons. The van der Waals surface area contributed by atoms with Crippen LogP contribution in [0.2, 0.25) is 10.0 Å². The highest BCUT2D eigenvalue weighted by Gasteiger charge is 2.14. The molecular formula is C14H10Cl2N2O4. The zero-order valence-corrected chi connectivity index (χ0v) is 12.7. The van der Waals surface area contributed by atoms with Crippen molar-refractivity contribution in [3.63, 3.8) is 0 Å². The maximum Gasteiger partial charge on any atom is 0.346 e. The summed E-state index contributed by atoms with van der Waals surface area (Å²) in [6.07, 6.45) is 0.799.